The van der Waals surface area contributed by atoms with Crippen LogP contribution in [0.15, 0.2) is 48.3 Å². The number of hydrogen-bond donors (Lipinski definition) is 2. The number of benzene rings is 1. The topological polar surface area (TPSA) is 85.3 Å². The van der Waals surface area contributed by atoms with Crippen LogP contribution < -0.4 is 15.2 Å². The average Bonchev–Trinajstić information content (AvgIpc) is 3.23. The van der Waals surface area contributed by atoms with Crippen molar-refractivity contribution in [3.63, 3.8) is 0 Å². The van der Waals surface area contributed by atoms with E-state index in [4.69, 9.17) is 0 Å². The minimum atomic E-state index is 0.562. The second-order valence-electron chi connectivity index (χ2n) is 7.61. The van der Waals surface area contributed by atoms with Gasteiger partial charge in [0.15, 0.2) is 5.82 Å². The number of anilines is 2. The summed E-state index contributed by atoms with van der Waals surface area (Å²) in [5.41, 5.74) is 3.49. The Labute approximate surface area is 169 Å². The average molecular weight is 388 g/mol. The zero-order valence-electron chi connectivity index (χ0n) is 16.3. The van der Waals surface area contributed by atoms with Gasteiger partial charge in [0.1, 0.15) is 0 Å². The molecule has 1 atom stereocenters. The van der Waals surface area contributed by atoms with E-state index in [1.807, 2.05) is 18.2 Å². The molecule has 1 saturated carbocycles. The third-order valence-electron chi connectivity index (χ3n) is 5.65. The van der Waals surface area contributed by atoms with E-state index in [-0.39, 0.29) is 0 Å². The summed E-state index contributed by atoms with van der Waals surface area (Å²) in [7, 11) is 0. The van der Waals surface area contributed by atoms with Crippen LogP contribution in [-0.4, -0.2) is 52.3 Å². The van der Waals surface area contributed by atoms with Crippen molar-refractivity contribution in [3.8, 4) is 11.3 Å². The second kappa shape index (κ2) is 7.29. The number of fused-ring (bicyclic) bond motifs is 1. The quantitative estimate of drug-likeness (QED) is 0.478. The normalized spacial score (nSPS) is 18.9. The van der Waals surface area contributed by atoms with Gasteiger partial charge in [-0.25, -0.2) is 5.01 Å². The highest BCUT2D eigenvalue weighted by atomic mass is 15.4. The minimum Gasteiger partial charge on any atom is -0.354 e. The Bertz CT molecular complexity index is 1030. The summed E-state index contributed by atoms with van der Waals surface area (Å²) in [6.45, 7) is 9.39. The van der Waals surface area contributed by atoms with Crippen LogP contribution in [-0.2, 0) is 0 Å². The molecule has 0 radical (unpaired) electrons. The Morgan fingerprint density at radius 2 is 2.07 bits per heavy atom. The van der Waals surface area contributed by atoms with Crippen LogP contribution in [0.2, 0.25) is 0 Å². The highest BCUT2D eigenvalue weighted by molar-refractivity contribution is 6.00. The molecule has 1 saturated heterocycles. The highest BCUT2D eigenvalue weighted by Crippen LogP contribution is 2.33. The largest absolute Gasteiger partial charge is 0.354 e. The summed E-state index contributed by atoms with van der Waals surface area (Å²) in [6, 6.07) is 9.34. The number of rotatable bonds is 7. The minimum absolute atomic E-state index is 0.562. The molecule has 29 heavy (non-hydrogen) atoms. The van der Waals surface area contributed by atoms with Crippen LogP contribution in [0.1, 0.15) is 19.3 Å². The molecule has 3 aromatic rings. The van der Waals surface area contributed by atoms with Gasteiger partial charge in [-0.1, -0.05) is 6.58 Å². The van der Waals surface area contributed by atoms with Crippen molar-refractivity contribution in [2.75, 3.05) is 23.0 Å². The van der Waals surface area contributed by atoms with Crippen LogP contribution in [0, 0.1) is 0 Å². The van der Waals surface area contributed by atoms with Crippen molar-refractivity contribution in [1.29, 1.82) is 0 Å². The van der Waals surface area contributed by atoms with Crippen LogP contribution in [0.5, 0.6) is 0 Å². The first-order chi connectivity index (χ1) is 14.3. The molecule has 2 N–H and O–H groups in total. The van der Waals surface area contributed by atoms with Crippen LogP contribution in [0.25, 0.3) is 22.2 Å². The van der Waals surface area contributed by atoms with Gasteiger partial charge in [0.05, 0.1) is 23.1 Å². The molecule has 2 fully saturated rings. The van der Waals surface area contributed by atoms with Crippen LogP contribution in [0.3, 0.4) is 0 Å². The number of aromatic nitrogens is 4. The van der Waals surface area contributed by atoms with Gasteiger partial charge >= 0.3 is 0 Å². The van der Waals surface area contributed by atoms with E-state index in [1.54, 1.807) is 17.4 Å². The Morgan fingerprint density at radius 3 is 2.79 bits per heavy atom. The van der Waals surface area contributed by atoms with E-state index in [1.165, 1.54) is 12.8 Å². The van der Waals surface area contributed by atoms with E-state index in [0.717, 1.165) is 59.2 Å². The maximum Gasteiger partial charge on any atom is 0.151 e. The van der Waals surface area contributed by atoms with Crippen molar-refractivity contribution >= 4 is 29.1 Å². The molecule has 0 bridgehead atoms. The molecule has 2 aliphatic rings. The molecule has 8 nitrogen and oxygen atoms in total. The van der Waals surface area contributed by atoms with Crippen molar-refractivity contribution < 1.29 is 0 Å². The number of hydrogen-bond acceptors (Lipinski definition) is 7. The molecular weight excluding hydrogens is 364 g/mol. The highest BCUT2D eigenvalue weighted by Gasteiger charge is 2.29. The maximum absolute atomic E-state index is 4.51. The lowest BCUT2D eigenvalue weighted by Crippen LogP contribution is -2.34. The first-order valence-corrected chi connectivity index (χ1v) is 9.96. The number of nitrogens with one attached hydrogen (secondary N) is 2. The van der Waals surface area contributed by atoms with E-state index < -0.39 is 0 Å². The zero-order valence-corrected chi connectivity index (χ0v) is 16.3. The van der Waals surface area contributed by atoms with Crippen molar-refractivity contribution in [2.45, 2.75) is 31.3 Å². The number of aromatic amines is 1. The molecule has 1 aromatic carbocycles. The predicted molar refractivity (Wildman–Crippen MR) is 116 cm³/mol. The summed E-state index contributed by atoms with van der Waals surface area (Å²) >= 11 is 0. The number of H-pyrrole nitrogens is 1. The Hall–Kier alpha value is -3.26. The Morgan fingerprint density at radius 1 is 1.17 bits per heavy atom. The van der Waals surface area contributed by atoms with E-state index in [0.29, 0.717) is 6.04 Å². The lowest BCUT2D eigenvalue weighted by atomic mass is 10.1. The molecule has 0 spiro atoms. The Balaban J connectivity index is 1.39. The Kier molecular flexibility index (Phi) is 4.48. The van der Waals surface area contributed by atoms with E-state index >= 15 is 0 Å². The molecule has 8 heteroatoms. The number of hydrazone groups is 1. The lowest BCUT2D eigenvalue weighted by molar-refractivity contribution is 0.548. The molecule has 2 aromatic heterocycles. The van der Waals surface area contributed by atoms with Crippen molar-refractivity contribution in [1.82, 2.24) is 25.7 Å². The molecule has 1 aliphatic carbocycles. The third-order valence-corrected chi connectivity index (χ3v) is 5.65. The molecular formula is C21H24N8. The van der Waals surface area contributed by atoms with Crippen LogP contribution >= 0.6 is 0 Å². The fourth-order valence-corrected chi connectivity index (χ4v) is 3.99. The monoisotopic (exact) mass is 388 g/mol. The first-order valence-electron chi connectivity index (χ1n) is 9.96. The van der Waals surface area contributed by atoms with Gasteiger partial charge in [-0.05, 0) is 43.5 Å². The van der Waals surface area contributed by atoms with Gasteiger partial charge in [-0.2, -0.15) is 10.2 Å². The maximum atomic E-state index is 4.51. The SMILES string of the molecule is C=CN(N=C)c1ccc(-c2ccc(N3CCC(NC4CC4)C3)nn2)c2[nH]ncc12. The summed E-state index contributed by atoms with van der Waals surface area (Å²) < 4.78 is 0. The molecule has 148 valence electrons. The van der Waals surface area contributed by atoms with Crippen molar-refractivity contribution in [2.24, 2.45) is 5.10 Å². The van der Waals surface area contributed by atoms with Gasteiger partial charge in [0.25, 0.3) is 0 Å². The van der Waals surface area contributed by atoms with Gasteiger partial charge in [0.2, 0.25) is 0 Å². The fraction of sp³-hybridized carbons (Fsp3) is 0.333. The van der Waals surface area contributed by atoms with Gasteiger partial charge in [0, 0.05) is 49.0 Å². The van der Waals surface area contributed by atoms with E-state index in [9.17, 15) is 0 Å². The second-order valence-corrected chi connectivity index (χ2v) is 7.61. The van der Waals surface area contributed by atoms with Crippen LogP contribution in [0.4, 0.5) is 11.5 Å². The molecule has 1 aliphatic heterocycles. The fourth-order valence-electron chi connectivity index (χ4n) is 3.99. The summed E-state index contributed by atoms with van der Waals surface area (Å²) in [6.07, 6.45) is 7.19. The lowest BCUT2D eigenvalue weighted by Gasteiger charge is -2.18. The zero-order chi connectivity index (χ0) is 19.8. The molecule has 1 unspecified atom stereocenters. The number of nitrogens with zero attached hydrogens (tertiary/aromatic N) is 6. The predicted octanol–water partition coefficient (Wildman–Crippen LogP) is 2.92. The first kappa shape index (κ1) is 17.8. The van der Waals surface area contributed by atoms with Gasteiger partial charge in [-0.3, -0.25) is 5.10 Å². The summed E-state index contributed by atoms with van der Waals surface area (Å²) in [5.74, 6) is 0.931. The molecule has 0 amide bonds. The van der Waals surface area contributed by atoms with Crippen molar-refractivity contribution in [3.05, 3.63) is 43.2 Å². The standard InChI is InChI=1S/C21H24N8/c1-3-29(22-2)19-8-6-16(21-17(19)12-23-27-21)18-7-9-20(26-25-18)28-11-10-15(13-28)24-14-4-5-14/h3,6-9,12,14-15,24H,1-2,4-5,10-11,13H2,(H,23,27). The summed E-state index contributed by atoms with van der Waals surface area (Å²) in [5, 5.41) is 26.5. The third kappa shape index (κ3) is 3.36. The summed E-state index contributed by atoms with van der Waals surface area (Å²) in [4.78, 5) is 2.31. The van der Waals surface area contributed by atoms with Gasteiger partial charge < -0.3 is 10.2 Å². The van der Waals surface area contributed by atoms with E-state index in [2.05, 4.69) is 55.1 Å². The smallest absolute Gasteiger partial charge is 0.151 e. The molecule has 3 heterocycles. The van der Waals surface area contributed by atoms with Gasteiger partial charge in [-0.15, -0.1) is 10.2 Å². The molecule has 5 rings (SSSR count).